The van der Waals surface area contributed by atoms with Crippen LogP contribution in [0.2, 0.25) is 0 Å². The summed E-state index contributed by atoms with van der Waals surface area (Å²) in [5, 5.41) is 6.99. The standard InChI is InChI=1S/C20H19N3O3/c1-14-12-17(24)19(22-23(14)16-9-4-3-5-10-16)20(25)21-13-15-8-6-7-11-18(15)26-2/h3-12H,13H2,1-2H3,(H,21,25). The van der Waals surface area contributed by atoms with Crippen molar-refractivity contribution in [1.29, 1.82) is 0 Å². The number of hydrogen-bond donors (Lipinski definition) is 1. The van der Waals surface area contributed by atoms with Crippen LogP contribution in [0.3, 0.4) is 0 Å². The van der Waals surface area contributed by atoms with Gasteiger partial charge in [0.2, 0.25) is 5.43 Å². The Morgan fingerprint density at radius 2 is 1.81 bits per heavy atom. The summed E-state index contributed by atoms with van der Waals surface area (Å²) in [6, 6.07) is 18.1. The van der Waals surface area contributed by atoms with Gasteiger partial charge in [0.05, 0.1) is 12.8 Å². The van der Waals surface area contributed by atoms with Crippen molar-refractivity contribution in [3.05, 3.63) is 87.8 Å². The second-order valence-corrected chi connectivity index (χ2v) is 5.74. The Hall–Kier alpha value is -3.41. The second kappa shape index (κ2) is 7.65. The van der Waals surface area contributed by atoms with Crippen molar-refractivity contribution < 1.29 is 9.53 Å². The van der Waals surface area contributed by atoms with Crippen LogP contribution in [0.15, 0.2) is 65.5 Å². The number of nitrogens with zero attached hydrogens (tertiary/aromatic N) is 2. The number of ether oxygens (including phenoxy) is 1. The summed E-state index contributed by atoms with van der Waals surface area (Å²) in [6.07, 6.45) is 0. The number of aryl methyl sites for hydroxylation is 1. The van der Waals surface area contributed by atoms with E-state index in [4.69, 9.17) is 4.74 Å². The van der Waals surface area contributed by atoms with Gasteiger partial charge in [-0.25, -0.2) is 4.68 Å². The molecule has 26 heavy (non-hydrogen) atoms. The van der Waals surface area contributed by atoms with Crippen LogP contribution in [0.4, 0.5) is 0 Å². The lowest BCUT2D eigenvalue weighted by molar-refractivity contribution is 0.0942. The van der Waals surface area contributed by atoms with Crippen LogP contribution >= 0.6 is 0 Å². The van der Waals surface area contributed by atoms with Crippen LogP contribution in [0, 0.1) is 6.92 Å². The lowest BCUT2D eigenvalue weighted by atomic mass is 10.2. The Morgan fingerprint density at radius 1 is 1.12 bits per heavy atom. The first-order valence-corrected chi connectivity index (χ1v) is 8.16. The third-order valence-electron chi connectivity index (χ3n) is 3.96. The predicted octanol–water partition coefficient (Wildman–Crippen LogP) is 2.48. The van der Waals surface area contributed by atoms with Gasteiger partial charge in [-0.15, -0.1) is 0 Å². The number of aromatic nitrogens is 2. The first kappa shape index (κ1) is 17.4. The maximum absolute atomic E-state index is 12.5. The van der Waals surface area contributed by atoms with Crippen LogP contribution in [-0.4, -0.2) is 22.8 Å². The van der Waals surface area contributed by atoms with Gasteiger partial charge < -0.3 is 10.1 Å². The molecule has 0 aliphatic rings. The van der Waals surface area contributed by atoms with Crippen molar-refractivity contribution in [1.82, 2.24) is 15.1 Å². The molecule has 6 heteroatoms. The van der Waals surface area contributed by atoms with E-state index in [2.05, 4.69) is 10.4 Å². The van der Waals surface area contributed by atoms with E-state index in [0.717, 1.165) is 11.3 Å². The average molecular weight is 349 g/mol. The lowest BCUT2D eigenvalue weighted by Gasteiger charge is -2.12. The van der Waals surface area contributed by atoms with Crippen molar-refractivity contribution in [2.24, 2.45) is 0 Å². The Morgan fingerprint density at radius 3 is 2.54 bits per heavy atom. The molecule has 0 unspecified atom stereocenters. The molecular weight excluding hydrogens is 330 g/mol. The normalized spacial score (nSPS) is 10.4. The summed E-state index contributed by atoms with van der Waals surface area (Å²) in [4.78, 5) is 24.7. The van der Waals surface area contributed by atoms with Crippen LogP contribution in [0.1, 0.15) is 21.7 Å². The Balaban J connectivity index is 1.87. The topological polar surface area (TPSA) is 73.2 Å². The van der Waals surface area contributed by atoms with Crippen molar-refractivity contribution in [2.75, 3.05) is 7.11 Å². The van der Waals surface area contributed by atoms with E-state index in [9.17, 15) is 9.59 Å². The minimum absolute atomic E-state index is 0.144. The van der Waals surface area contributed by atoms with Crippen molar-refractivity contribution in [3.8, 4) is 11.4 Å². The zero-order valence-corrected chi connectivity index (χ0v) is 14.6. The van der Waals surface area contributed by atoms with Gasteiger partial charge in [0.25, 0.3) is 5.91 Å². The minimum atomic E-state index is -0.523. The molecule has 1 N–H and O–H groups in total. The van der Waals surface area contributed by atoms with Gasteiger partial charge in [-0.05, 0) is 25.1 Å². The molecule has 1 aromatic heterocycles. The molecule has 0 saturated carbocycles. The largest absolute Gasteiger partial charge is 0.496 e. The molecule has 0 saturated heterocycles. The molecule has 0 spiro atoms. The van der Waals surface area contributed by atoms with E-state index in [1.54, 1.807) is 18.7 Å². The van der Waals surface area contributed by atoms with E-state index < -0.39 is 11.3 Å². The molecule has 0 atom stereocenters. The zero-order valence-electron chi connectivity index (χ0n) is 14.6. The fourth-order valence-corrected chi connectivity index (χ4v) is 2.64. The van der Waals surface area contributed by atoms with Crippen molar-refractivity contribution in [3.63, 3.8) is 0 Å². The number of rotatable bonds is 5. The number of hydrogen-bond acceptors (Lipinski definition) is 4. The van der Waals surface area contributed by atoms with E-state index >= 15 is 0 Å². The van der Waals surface area contributed by atoms with Crippen LogP contribution in [0.5, 0.6) is 5.75 Å². The maximum Gasteiger partial charge on any atom is 0.276 e. The van der Waals surface area contributed by atoms with Gasteiger partial charge in [0, 0.05) is 23.9 Å². The third-order valence-corrected chi connectivity index (χ3v) is 3.96. The second-order valence-electron chi connectivity index (χ2n) is 5.74. The summed E-state index contributed by atoms with van der Waals surface area (Å²) in [5.41, 5.74) is 1.70. The molecule has 3 rings (SSSR count). The molecule has 1 amide bonds. The lowest BCUT2D eigenvalue weighted by Crippen LogP contribution is -2.31. The molecule has 2 aromatic carbocycles. The van der Waals surface area contributed by atoms with Crippen molar-refractivity contribution >= 4 is 5.91 Å². The minimum Gasteiger partial charge on any atom is -0.496 e. The molecular formula is C20H19N3O3. The summed E-state index contributed by atoms with van der Waals surface area (Å²) >= 11 is 0. The van der Waals surface area contributed by atoms with Crippen LogP contribution in [-0.2, 0) is 6.54 Å². The van der Waals surface area contributed by atoms with Crippen LogP contribution in [0.25, 0.3) is 5.69 Å². The molecule has 0 aliphatic heterocycles. The highest BCUT2D eigenvalue weighted by Crippen LogP contribution is 2.16. The smallest absolute Gasteiger partial charge is 0.276 e. The van der Waals surface area contributed by atoms with Gasteiger partial charge in [-0.2, -0.15) is 5.10 Å². The van der Waals surface area contributed by atoms with Gasteiger partial charge in [0.15, 0.2) is 5.69 Å². The number of carbonyl (C=O) groups excluding carboxylic acids is 1. The number of amides is 1. The number of nitrogens with one attached hydrogen (secondary N) is 1. The molecule has 3 aromatic rings. The molecule has 6 nitrogen and oxygen atoms in total. The van der Waals surface area contributed by atoms with E-state index in [-0.39, 0.29) is 12.2 Å². The molecule has 132 valence electrons. The average Bonchev–Trinajstić information content (AvgIpc) is 2.67. The highest BCUT2D eigenvalue weighted by Gasteiger charge is 2.15. The number of para-hydroxylation sites is 2. The highest BCUT2D eigenvalue weighted by atomic mass is 16.5. The van der Waals surface area contributed by atoms with E-state index in [1.165, 1.54) is 6.07 Å². The molecule has 0 aliphatic carbocycles. The first-order chi connectivity index (χ1) is 12.6. The third kappa shape index (κ3) is 3.64. The Labute approximate surface area is 151 Å². The molecule has 0 bridgehead atoms. The SMILES string of the molecule is COc1ccccc1CNC(=O)c1nn(-c2ccccc2)c(C)cc1=O. The molecule has 1 heterocycles. The van der Waals surface area contributed by atoms with Gasteiger partial charge in [-0.1, -0.05) is 36.4 Å². The number of benzene rings is 2. The number of carbonyl (C=O) groups is 1. The van der Waals surface area contributed by atoms with Gasteiger partial charge in [0.1, 0.15) is 5.75 Å². The fraction of sp³-hybridized carbons (Fsp3) is 0.150. The molecule has 0 radical (unpaired) electrons. The predicted molar refractivity (Wildman–Crippen MR) is 98.7 cm³/mol. The van der Waals surface area contributed by atoms with Gasteiger partial charge in [-0.3, -0.25) is 9.59 Å². The van der Waals surface area contributed by atoms with E-state index in [1.807, 2.05) is 54.6 Å². The highest BCUT2D eigenvalue weighted by molar-refractivity contribution is 5.92. The first-order valence-electron chi connectivity index (χ1n) is 8.16. The summed E-state index contributed by atoms with van der Waals surface area (Å²) in [5.74, 6) is 0.150. The molecule has 0 fully saturated rings. The van der Waals surface area contributed by atoms with E-state index in [0.29, 0.717) is 11.4 Å². The van der Waals surface area contributed by atoms with Crippen LogP contribution < -0.4 is 15.5 Å². The fourth-order valence-electron chi connectivity index (χ4n) is 2.64. The van der Waals surface area contributed by atoms with Gasteiger partial charge >= 0.3 is 0 Å². The number of methoxy groups -OCH3 is 1. The summed E-state index contributed by atoms with van der Waals surface area (Å²) in [6.45, 7) is 2.01. The summed E-state index contributed by atoms with van der Waals surface area (Å²) < 4.78 is 6.85. The summed E-state index contributed by atoms with van der Waals surface area (Å²) in [7, 11) is 1.57. The maximum atomic E-state index is 12.5. The Bertz CT molecular complexity index is 981. The zero-order chi connectivity index (χ0) is 18.5. The van der Waals surface area contributed by atoms with Crippen molar-refractivity contribution in [2.45, 2.75) is 13.5 Å². The Kier molecular flexibility index (Phi) is 5.12. The monoisotopic (exact) mass is 349 g/mol. The quantitative estimate of drug-likeness (QED) is 0.768.